The zero-order chi connectivity index (χ0) is 15.7. The molecule has 1 aliphatic carbocycles. The zero-order valence-corrected chi connectivity index (χ0v) is 13.6. The van der Waals surface area contributed by atoms with E-state index in [1.807, 2.05) is 0 Å². The Kier molecular flexibility index (Phi) is 4.73. The average molecular weight is 280 g/mol. The fourth-order valence-electron chi connectivity index (χ4n) is 2.55. The van der Waals surface area contributed by atoms with E-state index in [0.29, 0.717) is 18.1 Å². The van der Waals surface area contributed by atoms with Crippen molar-refractivity contribution in [1.29, 1.82) is 0 Å². The third-order valence-corrected chi connectivity index (χ3v) is 4.04. The van der Waals surface area contributed by atoms with Gasteiger partial charge in [-0.25, -0.2) is 0 Å². The van der Waals surface area contributed by atoms with E-state index in [0.717, 1.165) is 17.6 Å². The van der Waals surface area contributed by atoms with Gasteiger partial charge in [0.2, 0.25) is 0 Å². The predicted molar refractivity (Wildman–Crippen MR) is 81.6 cm³/mol. The minimum absolute atomic E-state index is 0.0597. The molecule has 0 aromatic rings. The maximum atomic E-state index is 10.8. The number of allylic oxidation sites excluding steroid dienone is 3. The van der Waals surface area contributed by atoms with Crippen LogP contribution in [0, 0.1) is 16.7 Å². The molecular weight excluding hydrogens is 252 g/mol. The van der Waals surface area contributed by atoms with Crippen molar-refractivity contribution in [3.63, 3.8) is 0 Å². The second-order valence-electron chi connectivity index (χ2n) is 7.84. The molecule has 0 heterocycles. The standard InChI is InChI=1S/C17H28O3/c1-16(2,3)12-9-11(7-8-14(18)19)15(20)13(10-12)17(4,5)6/h9,12,20H,7-8,10H2,1-6H3,(H,18,19). The van der Waals surface area contributed by atoms with Crippen LogP contribution in [-0.4, -0.2) is 16.2 Å². The monoisotopic (exact) mass is 280 g/mol. The van der Waals surface area contributed by atoms with Gasteiger partial charge < -0.3 is 10.2 Å². The molecule has 0 saturated heterocycles. The molecule has 0 aliphatic heterocycles. The van der Waals surface area contributed by atoms with Crippen LogP contribution in [-0.2, 0) is 4.79 Å². The lowest BCUT2D eigenvalue weighted by atomic mass is 9.68. The maximum Gasteiger partial charge on any atom is 0.303 e. The van der Waals surface area contributed by atoms with Gasteiger partial charge in [-0.15, -0.1) is 0 Å². The van der Waals surface area contributed by atoms with Crippen molar-refractivity contribution >= 4 is 5.97 Å². The topological polar surface area (TPSA) is 57.5 Å². The average Bonchev–Trinajstić information content (AvgIpc) is 2.24. The van der Waals surface area contributed by atoms with E-state index < -0.39 is 5.97 Å². The van der Waals surface area contributed by atoms with Gasteiger partial charge in [-0.05, 0) is 40.7 Å². The molecular formula is C17H28O3. The normalized spacial score (nSPS) is 20.9. The van der Waals surface area contributed by atoms with E-state index in [-0.39, 0.29) is 17.3 Å². The molecule has 1 atom stereocenters. The minimum Gasteiger partial charge on any atom is -0.508 e. The quantitative estimate of drug-likeness (QED) is 0.787. The van der Waals surface area contributed by atoms with Gasteiger partial charge in [0.1, 0.15) is 5.76 Å². The molecule has 3 nitrogen and oxygen atoms in total. The lowest BCUT2D eigenvalue weighted by Crippen LogP contribution is -2.27. The Balaban J connectivity index is 3.15. The third kappa shape index (κ3) is 4.12. The third-order valence-electron chi connectivity index (χ3n) is 4.04. The van der Waals surface area contributed by atoms with Crippen molar-refractivity contribution in [2.75, 3.05) is 0 Å². The van der Waals surface area contributed by atoms with Gasteiger partial charge in [0.25, 0.3) is 0 Å². The van der Waals surface area contributed by atoms with E-state index in [4.69, 9.17) is 5.11 Å². The van der Waals surface area contributed by atoms with Crippen LogP contribution in [0.3, 0.4) is 0 Å². The first-order valence-electron chi connectivity index (χ1n) is 7.28. The first-order valence-corrected chi connectivity index (χ1v) is 7.28. The largest absolute Gasteiger partial charge is 0.508 e. The lowest BCUT2D eigenvalue weighted by molar-refractivity contribution is -0.136. The second kappa shape index (κ2) is 5.63. The van der Waals surface area contributed by atoms with Crippen LogP contribution in [0.15, 0.2) is 23.0 Å². The minimum atomic E-state index is -0.825. The summed E-state index contributed by atoms with van der Waals surface area (Å²) in [5.74, 6) is -0.176. The van der Waals surface area contributed by atoms with E-state index in [2.05, 4.69) is 47.6 Å². The Bertz CT molecular complexity index is 442. The highest BCUT2D eigenvalue weighted by Crippen LogP contribution is 2.44. The van der Waals surface area contributed by atoms with Crippen molar-refractivity contribution in [2.45, 2.75) is 60.8 Å². The molecule has 2 N–H and O–H groups in total. The molecule has 0 aromatic carbocycles. The van der Waals surface area contributed by atoms with E-state index in [1.54, 1.807) is 0 Å². The molecule has 0 spiro atoms. The fraction of sp³-hybridized carbons (Fsp3) is 0.706. The second-order valence-corrected chi connectivity index (χ2v) is 7.84. The summed E-state index contributed by atoms with van der Waals surface area (Å²) in [6.45, 7) is 12.8. The Morgan fingerprint density at radius 2 is 1.80 bits per heavy atom. The lowest BCUT2D eigenvalue weighted by Gasteiger charge is -2.37. The number of aliphatic hydroxyl groups is 1. The highest BCUT2D eigenvalue weighted by atomic mass is 16.4. The summed E-state index contributed by atoms with van der Waals surface area (Å²) in [5, 5.41) is 19.3. The number of carboxylic acid groups (broad SMARTS) is 1. The van der Waals surface area contributed by atoms with Crippen LogP contribution in [0.1, 0.15) is 60.8 Å². The van der Waals surface area contributed by atoms with Gasteiger partial charge in [-0.1, -0.05) is 47.6 Å². The molecule has 1 unspecified atom stereocenters. The molecule has 1 rings (SSSR count). The molecule has 0 amide bonds. The molecule has 0 aromatic heterocycles. The zero-order valence-electron chi connectivity index (χ0n) is 13.6. The molecule has 0 fully saturated rings. The predicted octanol–water partition coefficient (Wildman–Crippen LogP) is 4.70. The van der Waals surface area contributed by atoms with Crippen LogP contribution in [0.25, 0.3) is 0 Å². The number of aliphatic hydroxyl groups excluding tert-OH is 1. The van der Waals surface area contributed by atoms with Crippen LogP contribution in [0.2, 0.25) is 0 Å². The number of rotatable bonds is 3. The van der Waals surface area contributed by atoms with Crippen molar-refractivity contribution in [2.24, 2.45) is 16.7 Å². The number of carboxylic acids is 1. The van der Waals surface area contributed by atoms with Crippen molar-refractivity contribution in [3.8, 4) is 0 Å². The summed E-state index contributed by atoms with van der Waals surface area (Å²) in [4.78, 5) is 10.8. The van der Waals surface area contributed by atoms with Gasteiger partial charge in [-0.3, -0.25) is 4.79 Å². The smallest absolute Gasteiger partial charge is 0.303 e. The first-order chi connectivity index (χ1) is 8.93. The summed E-state index contributed by atoms with van der Waals surface area (Å²) in [7, 11) is 0. The van der Waals surface area contributed by atoms with Gasteiger partial charge in [0.05, 0.1) is 0 Å². The van der Waals surface area contributed by atoms with Crippen molar-refractivity contribution in [1.82, 2.24) is 0 Å². The maximum absolute atomic E-state index is 10.8. The summed E-state index contributed by atoms with van der Waals surface area (Å²) in [6, 6.07) is 0. The number of aliphatic carboxylic acids is 1. The SMILES string of the molecule is CC(C)(C)C1=C(O)C(CCC(=O)O)=CC(C(C)(C)C)C1. The van der Waals surface area contributed by atoms with Gasteiger partial charge in [0, 0.05) is 6.42 Å². The van der Waals surface area contributed by atoms with Crippen LogP contribution < -0.4 is 0 Å². The van der Waals surface area contributed by atoms with Gasteiger partial charge in [-0.2, -0.15) is 0 Å². The summed E-state index contributed by atoms with van der Waals surface area (Å²) < 4.78 is 0. The molecule has 114 valence electrons. The highest BCUT2D eigenvalue weighted by molar-refractivity contribution is 5.67. The van der Waals surface area contributed by atoms with Crippen molar-refractivity contribution < 1.29 is 15.0 Å². The molecule has 0 radical (unpaired) electrons. The van der Waals surface area contributed by atoms with E-state index in [1.165, 1.54) is 0 Å². The number of hydrogen-bond acceptors (Lipinski definition) is 2. The Morgan fingerprint density at radius 1 is 1.25 bits per heavy atom. The Labute approximate surface area is 122 Å². The first kappa shape index (κ1) is 16.8. The molecule has 3 heteroatoms. The number of hydrogen-bond donors (Lipinski definition) is 2. The molecule has 20 heavy (non-hydrogen) atoms. The van der Waals surface area contributed by atoms with E-state index >= 15 is 0 Å². The Morgan fingerprint density at radius 3 is 2.20 bits per heavy atom. The van der Waals surface area contributed by atoms with Gasteiger partial charge >= 0.3 is 5.97 Å². The van der Waals surface area contributed by atoms with Crippen LogP contribution >= 0.6 is 0 Å². The molecule has 0 saturated carbocycles. The van der Waals surface area contributed by atoms with Crippen LogP contribution in [0.5, 0.6) is 0 Å². The molecule has 1 aliphatic rings. The van der Waals surface area contributed by atoms with E-state index in [9.17, 15) is 9.90 Å². The molecule has 0 bridgehead atoms. The van der Waals surface area contributed by atoms with Crippen molar-refractivity contribution in [3.05, 3.63) is 23.0 Å². The summed E-state index contributed by atoms with van der Waals surface area (Å²) in [5.41, 5.74) is 1.84. The van der Waals surface area contributed by atoms with Gasteiger partial charge in [0.15, 0.2) is 0 Å². The highest BCUT2D eigenvalue weighted by Gasteiger charge is 2.34. The summed E-state index contributed by atoms with van der Waals surface area (Å²) >= 11 is 0. The fourth-order valence-corrected chi connectivity index (χ4v) is 2.55. The number of carbonyl (C=O) groups is 1. The Hall–Kier alpha value is -1.25. The summed E-state index contributed by atoms with van der Waals surface area (Å²) in [6.07, 6.45) is 3.38. The van der Waals surface area contributed by atoms with Crippen LogP contribution in [0.4, 0.5) is 0 Å².